The first-order valence-electron chi connectivity index (χ1n) is 8.85. The molecule has 3 aromatic rings. The summed E-state index contributed by atoms with van der Waals surface area (Å²) in [4.78, 5) is 38.8. The number of hydrogen-bond donors (Lipinski definition) is 1. The highest BCUT2D eigenvalue weighted by Gasteiger charge is 2.26. The van der Waals surface area contributed by atoms with Crippen LogP contribution >= 0.6 is 11.3 Å². The van der Waals surface area contributed by atoms with Crippen LogP contribution in [0.1, 0.15) is 41.9 Å². The van der Waals surface area contributed by atoms with Gasteiger partial charge in [-0.2, -0.15) is 4.98 Å². The first-order chi connectivity index (χ1) is 13.1. The number of thiazole rings is 1. The van der Waals surface area contributed by atoms with Crippen LogP contribution < -0.4 is 5.32 Å². The molecule has 4 heterocycles. The lowest BCUT2D eigenvalue weighted by atomic mass is 9.93. The molecule has 27 heavy (non-hydrogen) atoms. The van der Waals surface area contributed by atoms with Crippen molar-refractivity contribution in [3.8, 4) is 0 Å². The van der Waals surface area contributed by atoms with Gasteiger partial charge in [-0.1, -0.05) is 17.4 Å². The molecule has 1 aliphatic rings. The summed E-state index contributed by atoms with van der Waals surface area (Å²) in [6.45, 7) is 2.84. The number of nitrogens with zero attached hydrogens (tertiary/aromatic N) is 4. The summed E-state index contributed by atoms with van der Waals surface area (Å²) >= 11 is 1.42. The molecule has 7 nitrogen and oxygen atoms in total. The van der Waals surface area contributed by atoms with Crippen LogP contribution in [-0.2, 0) is 4.79 Å². The number of anilines is 1. The van der Waals surface area contributed by atoms with Gasteiger partial charge in [-0.15, -0.1) is 0 Å². The molecule has 0 radical (unpaired) electrons. The van der Waals surface area contributed by atoms with E-state index in [2.05, 4.69) is 20.3 Å². The van der Waals surface area contributed by atoms with Crippen molar-refractivity contribution in [2.24, 2.45) is 0 Å². The molecule has 3 aromatic heterocycles. The molecular formula is C19H19N5O2S. The number of nitrogens with one attached hydrogen (secondary N) is 1. The minimum Gasteiger partial charge on any atom is -0.337 e. The van der Waals surface area contributed by atoms with Crippen LogP contribution in [0.3, 0.4) is 0 Å². The van der Waals surface area contributed by atoms with Gasteiger partial charge in [0, 0.05) is 37.8 Å². The number of carbonyl (C=O) groups is 2. The van der Waals surface area contributed by atoms with Crippen molar-refractivity contribution in [3.05, 3.63) is 47.9 Å². The molecule has 0 aliphatic carbocycles. The Morgan fingerprint density at radius 3 is 2.67 bits per heavy atom. The Morgan fingerprint density at radius 1 is 1.15 bits per heavy atom. The number of carbonyl (C=O) groups excluding carboxylic acids is 2. The Bertz CT molecular complexity index is 980. The molecule has 0 spiro atoms. The SMILES string of the molecule is CC(=O)Nc1nc2nc(C3CCN(C(=O)c4ccccn4)CC3)ccc2s1. The number of aromatic nitrogens is 3. The van der Waals surface area contributed by atoms with Crippen molar-refractivity contribution in [2.75, 3.05) is 18.4 Å². The average Bonchev–Trinajstić information content (AvgIpc) is 3.09. The third kappa shape index (κ3) is 3.80. The Hall–Kier alpha value is -2.87. The maximum Gasteiger partial charge on any atom is 0.272 e. The van der Waals surface area contributed by atoms with Gasteiger partial charge in [0.1, 0.15) is 5.69 Å². The van der Waals surface area contributed by atoms with Crippen LogP contribution in [0, 0.1) is 0 Å². The van der Waals surface area contributed by atoms with Crippen LogP contribution in [0.15, 0.2) is 36.5 Å². The van der Waals surface area contributed by atoms with E-state index in [1.54, 1.807) is 18.3 Å². The highest BCUT2D eigenvalue weighted by Crippen LogP contribution is 2.31. The number of pyridine rings is 2. The van der Waals surface area contributed by atoms with Gasteiger partial charge in [0.05, 0.1) is 4.70 Å². The molecule has 0 aromatic carbocycles. The van der Waals surface area contributed by atoms with E-state index in [-0.39, 0.29) is 11.8 Å². The molecule has 4 rings (SSSR count). The maximum atomic E-state index is 12.5. The Balaban J connectivity index is 1.44. The third-order valence-corrected chi connectivity index (χ3v) is 5.57. The Morgan fingerprint density at radius 2 is 1.96 bits per heavy atom. The second kappa shape index (κ2) is 7.40. The highest BCUT2D eigenvalue weighted by atomic mass is 32.1. The topological polar surface area (TPSA) is 88.1 Å². The average molecular weight is 381 g/mol. The summed E-state index contributed by atoms with van der Waals surface area (Å²) in [5, 5.41) is 3.27. The van der Waals surface area contributed by atoms with E-state index in [9.17, 15) is 9.59 Å². The quantitative estimate of drug-likeness (QED) is 0.753. The fraction of sp³-hybridized carbons (Fsp3) is 0.316. The van der Waals surface area contributed by atoms with Crippen molar-refractivity contribution in [2.45, 2.75) is 25.7 Å². The van der Waals surface area contributed by atoms with Crippen molar-refractivity contribution in [1.29, 1.82) is 0 Å². The fourth-order valence-corrected chi connectivity index (χ4v) is 4.15. The van der Waals surface area contributed by atoms with Gasteiger partial charge < -0.3 is 10.2 Å². The molecule has 0 unspecified atom stereocenters. The number of fused-ring (bicyclic) bond motifs is 1. The van der Waals surface area contributed by atoms with Gasteiger partial charge in [-0.05, 0) is 37.1 Å². The van der Waals surface area contributed by atoms with E-state index >= 15 is 0 Å². The van der Waals surface area contributed by atoms with E-state index < -0.39 is 0 Å². The monoisotopic (exact) mass is 381 g/mol. The van der Waals surface area contributed by atoms with Gasteiger partial charge in [-0.25, -0.2) is 4.98 Å². The first-order valence-corrected chi connectivity index (χ1v) is 9.67. The van der Waals surface area contributed by atoms with Crippen LogP contribution in [0.25, 0.3) is 10.3 Å². The molecule has 8 heteroatoms. The Labute approximate surface area is 160 Å². The van der Waals surface area contributed by atoms with Crippen molar-refractivity contribution in [3.63, 3.8) is 0 Å². The number of hydrogen-bond acceptors (Lipinski definition) is 6. The van der Waals surface area contributed by atoms with Crippen molar-refractivity contribution < 1.29 is 9.59 Å². The van der Waals surface area contributed by atoms with E-state index in [1.165, 1.54) is 18.3 Å². The lowest BCUT2D eigenvalue weighted by molar-refractivity contribution is -0.114. The maximum absolute atomic E-state index is 12.5. The lowest BCUT2D eigenvalue weighted by Crippen LogP contribution is -2.38. The minimum atomic E-state index is -0.140. The normalized spacial score (nSPS) is 15.1. The van der Waals surface area contributed by atoms with Gasteiger partial charge in [-0.3, -0.25) is 14.6 Å². The molecule has 1 aliphatic heterocycles. The summed E-state index contributed by atoms with van der Waals surface area (Å²) in [5.74, 6) is 0.143. The zero-order chi connectivity index (χ0) is 18.8. The lowest BCUT2D eigenvalue weighted by Gasteiger charge is -2.31. The van der Waals surface area contributed by atoms with Crippen LogP contribution in [0.2, 0.25) is 0 Å². The van der Waals surface area contributed by atoms with E-state index in [1.807, 2.05) is 23.1 Å². The molecule has 1 N–H and O–H groups in total. The van der Waals surface area contributed by atoms with Crippen LogP contribution in [0.5, 0.6) is 0 Å². The number of rotatable bonds is 3. The predicted octanol–water partition coefficient (Wildman–Crippen LogP) is 3.06. The predicted molar refractivity (Wildman–Crippen MR) is 104 cm³/mol. The van der Waals surface area contributed by atoms with E-state index in [0.717, 1.165) is 23.2 Å². The van der Waals surface area contributed by atoms with Crippen LogP contribution in [0.4, 0.5) is 5.13 Å². The highest BCUT2D eigenvalue weighted by molar-refractivity contribution is 7.22. The standard InChI is InChI=1S/C19H19N5O2S/c1-12(25)21-19-23-17-16(27-19)6-5-14(22-17)13-7-10-24(11-8-13)18(26)15-4-2-3-9-20-15/h2-6,9,13H,7-8,10-11H2,1H3,(H,21,22,23,25). The number of piperidine rings is 1. The number of amides is 2. The second-order valence-corrected chi connectivity index (χ2v) is 7.57. The van der Waals surface area contributed by atoms with Gasteiger partial charge in [0.15, 0.2) is 10.8 Å². The molecule has 138 valence electrons. The molecule has 0 bridgehead atoms. The summed E-state index contributed by atoms with van der Waals surface area (Å²) < 4.78 is 0.949. The second-order valence-electron chi connectivity index (χ2n) is 6.54. The van der Waals surface area contributed by atoms with Crippen molar-refractivity contribution >= 4 is 38.6 Å². The zero-order valence-corrected chi connectivity index (χ0v) is 15.7. The Kier molecular flexibility index (Phi) is 4.81. The molecule has 1 fully saturated rings. The molecular weight excluding hydrogens is 362 g/mol. The number of likely N-dealkylation sites (tertiary alicyclic amines) is 1. The zero-order valence-electron chi connectivity index (χ0n) is 14.9. The molecule has 0 saturated carbocycles. The summed E-state index contributed by atoms with van der Waals surface area (Å²) in [7, 11) is 0. The van der Waals surface area contributed by atoms with Gasteiger partial charge >= 0.3 is 0 Å². The fourth-order valence-electron chi connectivity index (χ4n) is 3.29. The summed E-state index contributed by atoms with van der Waals surface area (Å²) in [5.41, 5.74) is 2.14. The largest absolute Gasteiger partial charge is 0.337 e. The molecule has 1 saturated heterocycles. The third-order valence-electron chi connectivity index (χ3n) is 4.64. The minimum absolute atomic E-state index is 0.0167. The van der Waals surface area contributed by atoms with E-state index in [4.69, 9.17) is 0 Å². The first kappa shape index (κ1) is 17.5. The smallest absolute Gasteiger partial charge is 0.272 e. The van der Waals surface area contributed by atoms with E-state index in [0.29, 0.717) is 35.5 Å². The van der Waals surface area contributed by atoms with Gasteiger partial charge in [0.2, 0.25) is 5.91 Å². The van der Waals surface area contributed by atoms with Crippen molar-refractivity contribution in [1.82, 2.24) is 19.9 Å². The summed E-state index contributed by atoms with van der Waals surface area (Å²) in [6, 6.07) is 9.42. The van der Waals surface area contributed by atoms with Crippen LogP contribution in [-0.4, -0.2) is 44.8 Å². The molecule has 2 amide bonds. The molecule has 0 atom stereocenters. The van der Waals surface area contributed by atoms with Gasteiger partial charge in [0.25, 0.3) is 5.91 Å². The summed E-state index contributed by atoms with van der Waals surface area (Å²) in [6.07, 6.45) is 3.36.